The lowest BCUT2D eigenvalue weighted by molar-refractivity contribution is -0.124. The highest BCUT2D eigenvalue weighted by Gasteiger charge is 2.45. The lowest BCUT2D eigenvalue weighted by Crippen LogP contribution is -2.56. The highest BCUT2D eigenvalue weighted by molar-refractivity contribution is 5.85. The molecule has 1 aliphatic carbocycles. The van der Waals surface area contributed by atoms with Crippen LogP contribution < -0.4 is 11.1 Å². The maximum absolute atomic E-state index is 11.8. The molecule has 19 heavy (non-hydrogen) atoms. The van der Waals surface area contributed by atoms with Gasteiger partial charge in [0.2, 0.25) is 5.91 Å². The van der Waals surface area contributed by atoms with Gasteiger partial charge in [0.05, 0.1) is 11.6 Å². The molecule has 0 radical (unpaired) electrons. The van der Waals surface area contributed by atoms with Crippen LogP contribution in [0, 0.1) is 13.8 Å². The van der Waals surface area contributed by atoms with Gasteiger partial charge in [-0.3, -0.25) is 4.79 Å². The predicted molar refractivity (Wildman–Crippen MR) is 72.6 cm³/mol. The second-order valence-corrected chi connectivity index (χ2v) is 5.79. The summed E-state index contributed by atoms with van der Waals surface area (Å²) in [4.78, 5) is 16.2. The second-order valence-electron chi connectivity index (χ2n) is 5.79. The smallest absolute Gasteiger partial charge is 0.237 e. The van der Waals surface area contributed by atoms with Crippen molar-refractivity contribution in [3.8, 4) is 0 Å². The number of aryl methyl sites for hydroxylation is 2. The van der Waals surface area contributed by atoms with Crippen LogP contribution in [-0.2, 0) is 4.79 Å². The van der Waals surface area contributed by atoms with Crippen molar-refractivity contribution in [3.63, 3.8) is 0 Å². The molecule has 1 aliphatic rings. The number of hydrogen-bond acceptors (Lipinski definition) is 4. The SMILES string of the molecule is Cc1nc(C)n(C2CCC(NC(C)C)(C(N)=O)C2)n1. The number of carbonyl (C=O) groups is 1. The zero-order valence-corrected chi connectivity index (χ0v) is 12.1. The minimum absolute atomic E-state index is 0.194. The lowest BCUT2D eigenvalue weighted by atomic mass is 9.95. The molecule has 1 aromatic rings. The number of amides is 1. The zero-order chi connectivity index (χ0) is 14.2. The van der Waals surface area contributed by atoms with Gasteiger partial charge in [-0.1, -0.05) is 0 Å². The summed E-state index contributed by atoms with van der Waals surface area (Å²) in [5.41, 5.74) is 5.01. The second kappa shape index (κ2) is 4.92. The van der Waals surface area contributed by atoms with Gasteiger partial charge in [0.15, 0.2) is 0 Å². The molecule has 0 bridgehead atoms. The Kier molecular flexibility index (Phi) is 3.62. The van der Waals surface area contributed by atoms with Gasteiger partial charge in [0.1, 0.15) is 11.6 Å². The van der Waals surface area contributed by atoms with Gasteiger partial charge in [-0.25, -0.2) is 9.67 Å². The Morgan fingerprint density at radius 2 is 2.21 bits per heavy atom. The fraction of sp³-hybridized carbons (Fsp3) is 0.769. The summed E-state index contributed by atoms with van der Waals surface area (Å²) >= 11 is 0. The molecule has 1 heterocycles. The van der Waals surface area contributed by atoms with Gasteiger partial charge >= 0.3 is 0 Å². The minimum atomic E-state index is -0.606. The lowest BCUT2D eigenvalue weighted by Gasteiger charge is -2.29. The van der Waals surface area contributed by atoms with Gasteiger partial charge in [0.25, 0.3) is 0 Å². The van der Waals surface area contributed by atoms with E-state index < -0.39 is 5.54 Å². The summed E-state index contributed by atoms with van der Waals surface area (Å²) in [6.45, 7) is 7.89. The molecule has 6 nitrogen and oxygen atoms in total. The van der Waals surface area contributed by atoms with Crippen molar-refractivity contribution in [3.05, 3.63) is 11.6 Å². The number of nitrogens with zero attached hydrogens (tertiary/aromatic N) is 3. The van der Waals surface area contributed by atoms with E-state index in [1.165, 1.54) is 0 Å². The fourth-order valence-corrected chi connectivity index (χ4v) is 3.09. The number of nitrogens with two attached hydrogens (primary N) is 1. The third-order valence-electron chi connectivity index (χ3n) is 3.78. The van der Waals surface area contributed by atoms with E-state index in [0.29, 0.717) is 6.42 Å². The molecule has 2 atom stereocenters. The number of rotatable bonds is 4. The highest BCUT2D eigenvalue weighted by Crippen LogP contribution is 2.38. The van der Waals surface area contributed by atoms with Crippen molar-refractivity contribution < 1.29 is 4.79 Å². The van der Waals surface area contributed by atoms with Crippen molar-refractivity contribution in [2.75, 3.05) is 0 Å². The first-order valence-corrected chi connectivity index (χ1v) is 6.81. The fourth-order valence-electron chi connectivity index (χ4n) is 3.09. The van der Waals surface area contributed by atoms with E-state index in [-0.39, 0.29) is 18.0 Å². The maximum atomic E-state index is 11.8. The quantitative estimate of drug-likeness (QED) is 0.844. The van der Waals surface area contributed by atoms with Crippen LogP contribution in [0.4, 0.5) is 0 Å². The Labute approximate surface area is 113 Å². The van der Waals surface area contributed by atoms with E-state index in [4.69, 9.17) is 5.73 Å². The van der Waals surface area contributed by atoms with Crippen LogP contribution in [0.5, 0.6) is 0 Å². The molecular weight excluding hydrogens is 242 g/mol. The molecule has 1 fully saturated rings. The van der Waals surface area contributed by atoms with Crippen molar-refractivity contribution in [2.24, 2.45) is 5.73 Å². The number of aromatic nitrogens is 3. The van der Waals surface area contributed by atoms with E-state index in [0.717, 1.165) is 24.5 Å². The Morgan fingerprint density at radius 1 is 1.53 bits per heavy atom. The van der Waals surface area contributed by atoms with Crippen LogP contribution in [0.1, 0.15) is 50.8 Å². The molecule has 1 saturated carbocycles. The molecule has 0 aliphatic heterocycles. The average Bonchev–Trinajstić information content (AvgIpc) is 2.82. The summed E-state index contributed by atoms with van der Waals surface area (Å²) < 4.78 is 1.93. The van der Waals surface area contributed by atoms with E-state index in [1.807, 2.05) is 32.4 Å². The molecule has 106 valence electrons. The molecule has 2 unspecified atom stereocenters. The Balaban J connectivity index is 2.21. The Hall–Kier alpha value is -1.43. The molecule has 2 rings (SSSR count). The van der Waals surface area contributed by atoms with Crippen LogP contribution in [-0.4, -0.2) is 32.3 Å². The summed E-state index contributed by atoms with van der Waals surface area (Å²) in [5, 5.41) is 7.77. The zero-order valence-electron chi connectivity index (χ0n) is 12.1. The van der Waals surface area contributed by atoms with Crippen LogP contribution in [0.3, 0.4) is 0 Å². The van der Waals surface area contributed by atoms with Crippen LogP contribution in [0.2, 0.25) is 0 Å². The number of primary amides is 1. The van der Waals surface area contributed by atoms with E-state index in [1.54, 1.807) is 0 Å². The van der Waals surface area contributed by atoms with Crippen molar-refractivity contribution in [1.82, 2.24) is 20.1 Å². The molecule has 1 aromatic heterocycles. The largest absolute Gasteiger partial charge is 0.368 e. The van der Waals surface area contributed by atoms with Crippen molar-refractivity contribution in [1.29, 1.82) is 0 Å². The average molecular weight is 265 g/mol. The summed E-state index contributed by atoms with van der Waals surface area (Å²) in [7, 11) is 0. The Morgan fingerprint density at radius 3 is 2.68 bits per heavy atom. The first kappa shape index (κ1) is 14.0. The Bertz CT molecular complexity index is 481. The molecule has 0 spiro atoms. The first-order valence-electron chi connectivity index (χ1n) is 6.81. The van der Waals surface area contributed by atoms with Crippen LogP contribution >= 0.6 is 0 Å². The van der Waals surface area contributed by atoms with Gasteiger partial charge in [-0.2, -0.15) is 5.10 Å². The standard InChI is InChI=1S/C13H23N5O/c1-8(2)16-13(12(14)19)6-5-11(7-13)18-10(4)15-9(3)17-18/h8,11,16H,5-7H2,1-4H3,(H2,14,19). The molecular formula is C13H23N5O. The predicted octanol–water partition coefficient (Wildman–Crippen LogP) is 0.842. The summed E-state index contributed by atoms with van der Waals surface area (Å²) in [5.74, 6) is 1.40. The van der Waals surface area contributed by atoms with Crippen molar-refractivity contribution in [2.45, 2.75) is 64.6 Å². The molecule has 0 saturated heterocycles. The molecule has 0 aromatic carbocycles. The van der Waals surface area contributed by atoms with Crippen LogP contribution in [0.15, 0.2) is 0 Å². The van der Waals surface area contributed by atoms with E-state index in [9.17, 15) is 4.79 Å². The van der Waals surface area contributed by atoms with E-state index in [2.05, 4.69) is 15.4 Å². The normalized spacial score (nSPS) is 27.1. The van der Waals surface area contributed by atoms with Crippen LogP contribution in [0.25, 0.3) is 0 Å². The van der Waals surface area contributed by atoms with Gasteiger partial charge in [-0.05, 0) is 47.0 Å². The molecule has 6 heteroatoms. The topological polar surface area (TPSA) is 85.8 Å². The number of nitrogens with one attached hydrogen (secondary N) is 1. The third-order valence-corrected chi connectivity index (χ3v) is 3.78. The number of carbonyl (C=O) groups excluding carboxylic acids is 1. The van der Waals surface area contributed by atoms with Gasteiger partial charge in [-0.15, -0.1) is 0 Å². The van der Waals surface area contributed by atoms with Crippen molar-refractivity contribution >= 4 is 5.91 Å². The maximum Gasteiger partial charge on any atom is 0.237 e. The highest BCUT2D eigenvalue weighted by atomic mass is 16.1. The summed E-state index contributed by atoms with van der Waals surface area (Å²) in [6.07, 6.45) is 2.33. The number of hydrogen-bond donors (Lipinski definition) is 2. The first-order chi connectivity index (χ1) is 8.84. The molecule has 3 N–H and O–H groups in total. The third kappa shape index (κ3) is 2.63. The van der Waals surface area contributed by atoms with Gasteiger partial charge < -0.3 is 11.1 Å². The summed E-state index contributed by atoms with van der Waals surface area (Å²) in [6, 6.07) is 0.421. The van der Waals surface area contributed by atoms with E-state index >= 15 is 0 Å². The molecule has 1 amide bonds. The minimum Gasteiger partial charge on any atom is -0.368 e. The monoisotopic (exact) mass is 265 g/mol. The van der Waals surface area contributed by atoms with Gasteiger partial charge in [0, 0.05) is 6.04 Å².